The highest BCUT2D eigenvalue weighted by atomic mass is 16.3. The Morgan fingerprint density at radius 1 is 1.42 bits per heavy atom. The number of rotatable bonds is 0. The largest absolute Gasteiger partial charge is 0.504 e. The van der Waals surface area contributed by atoms with Crippen LogP contribution in [0.25, 0.3) is 0 Å². The Balaban J connectivity index is 2.92. The standard InChI is InChI=1S/C10H14O2/c1-10(2,3)7-5-4-6-8(11)9(7)12/h4-7,11H,1-3H3. The summed E-state index contributed by atoms with van der Waals surface area (Å²) in [7, 11) is 0. The van der Waals surface area contributed by atoms with Crippen molar-refractivity contribution in [2.45, 2.75) is 20.8 Å². The maximum atomic E-state index is 11.4. The third kappa shape index (κ3) is 1.58. The molecule has 0 saturated heterocycles. The van der Waals surface area contributed by atoms with Crippen molar-refractivity contribution in [3.05, 3.63) is 24.0 Å². The highest BCUT2D eigenvalue weighted by Crippen LogP contribution is 2.31. The third-order valence-corrected chi connectivity index (χ3v) is 2.03. The quantitative estimate of drug-likeness (QED) is 0.599. The lowest BCUT2D eigenvalue weighted by molar-refractivity contribution is -0.123. The topological polar surface area (TPSA) is 37.3 Å². The van der Waals surface area contributed by atoms with E-state index in [0.29, 0.717) is 0 Å². The van der Waals surface area contributed by atoms with Crippen LogP contribution >= 0.6 is 0 Å². The maximum absolute atomic E-state index is 11.4. The average Bonchev–Trinajstić information content (AvgIpc) is 1.92. The monoisotopic (exact) mass is 166 g/mol. The molecule has 1 aliphatic rings. The first-order valence-electron chi connectivity index (χ1n) is 4.04. The van der Waals surface area contributed by atoms with E-state index in [-0.39, 0.29) is 22.9 Å². The summed E-state index contributed by atoms with van der Waals surface area (Å²) < 4.78 is 0. The van der Waals surface area contributed by atoms with Crippen molar-refractivity contribution in [3.8, 4) is 0 Å². The summed E-state index contributed by atoms with van der Waals surface area (Å²) >= 11 is 0. The number of aliphatic hydroxyl groups is 1. The SMILES string of the molecule is CC(C)(C)C1C=CC=C(O)C1=O. The summed E-state index contributed by atoms with van der Waals surface area (Å²) in [6.45, 7) is 5.95. The van der Waals surface area contributed by atoms with Gasteiger partial charge in [-0.05, 0) is 11.5 Å². The molecule has 0 aromatic carbocycles. The minimum Gasteiger partial charge on any atom is -0.504 e. The van der Waals surface area contributed by atoms with Gasteiger partial charge in [-0.15, -0.1) is 0 Å². The van der Waals surface area contributed by atoms with Gasteiger partial charge in [0.15, 0.2) is 5.76 Å². The Morgan fingerprint density at radius 3 is 2.42 bits per heavy atom. The van der Waals surface area contributed by atoms with E-state index in [1.807, 2.05) is 26.8 Å². The molecule has 2 heteroatoms. The van der Waals surface area contributed by atoms with Gasteiger partial charge >= 0.3 is 0 Å². The van der Waals surface area contributed by atoms with E-state index in [0.717, 1.165) is 0 Å². The predicted molar refractivity (Wildman–Crippen MR) is 47.8 cm³/mol. The molecule has 1 unspecified atom stereocenters. The van der Waals surface area contributed by atoms with Gasteiger partial charge in [0.1, 0.15) is 0 Å². The molecular weight excluding hydrogens is 152 g/mol. The van der Waals surface area contributed by atoms with Gasteiger partial charge in [0, 0.05) is 5.92 Å². The molecule has 0 aromatic rings. The zero-order chi connectivity index (χ0) is 9.35. The third-order valence-electron chi connectivity index (χ3n) is 2.03. The minimum absolute atomic E-state index is 0.115. The lowest BCUT2D eigenvalue weighted by Gasteiger charge is -2.27. The predicted octanol–water partition coefficient (Wildman–Crippen LogP) is 2.23. The van der Waals surface area contributed by atoms with E-state index in [4.69, 9.17) is 0 Å². The number of hydrogen-bond donors (Lipinski definition) is 1. The summed E-state index contributed by atoms with van der Waals surface area (Å²) in [6.07, 6.45) is 5.00. The molecule has 0 fully saturated rings. The summed E-state index contributed by atoms with van der Waals surface area (Å²) in [5.41, 5.74) is -0.115. The Morgan fingerprint density at radius 2 is 2.00 bits per heavy atom. The number of ketones is 1. The van der Waals surface area contributed by atoms with E-state index >= 15 is 0 Å². The molecule has 0 heterocycles. The van der Waals surface area contributed by atoms with Crippen molar-refractivity contribution in [2.24, 2.45) is 11.3 Å². The summed E-state index contributed by atoms with van der Waals surface area (Å²) in [5.74, 6) is -0.495. The van der Waals surface area contributed by atoms with Gasteiger partial charge in [0.2, 0.25) is 5.78 Å². The summed E-state index contributed by atoms with van der Waals surface area (Å²) in [4.78, 5) is 11.4. The fourth-order valence-corrected chi connectivity index (χ4v) is 1.27. The van der Waals surface area contributed by atoms with E-state index in [2.05, 4.69) is 0 Å². The molecule has 0 bridgehead atoms. The van der Waals surface area contributed by atoms with Crippen LogP contribution in [-0.2, 0) is 4.79 Å². The first kappa shape index (κ1) is 9.04. The van der Waals surface area contributed by atoms with Crippen LogP contribution in [0.5, 0.6) is 0 Å². The number of hydrogen-bond acceptors (Lipinski definition) is 2. The van der Waals surface area contributed by atoms with Gasteiger partial charge in [-0.3, -0.25) is 4.79 Å². The summed E-state index contributed by atoms with van der Waals surface area (Å²) in [5, 5.41) is 9.17. The van der Waals surface area contributed by atoms with E-state index in [1.165, 1.54) is 6.08 Å². The van der Waals surface area contributed by atoms with Gasteiger partial charge in [0.25, 0.3) is 0 Å². The minimum atomic E-state index is -0.192. The molecule has 1 N–H and O–H groups in total. The van der Waals surface area contributed by atoms with Crippen LogP contribution in [0.15, 0.2) is 24.0 Å². The van der Waals surface area contributed by atoms with Crippen LogP contribution in [0.1, 0.15) is 20.8 Å². The van der Waals surface area contributed by atoms with Crippen LogP contribution < -0.4 is 0 Å². The van der Waals surface area contributed by atoms with Crippen LogP contribution in [0.2, 0.25) is 0 Å². The van der Waals surface area contributed by atoms with Gasteiger partial charge in [-0.25, -0.2) is 0 Å². The van der Waals surface area contributed by atoms with Crippen LogP contribution in [0, 0.1) is 11.3 Å². The van der Waals surface area contributed by atoms with Gasteiger partial charge in [0.05, 0.1) is 0 Å². The maximum Gasteiger partial charge on any atom is 0.204 e. The van der Waals surface area contributed by atoms with Gasteiger partial charge < -0.3 is 5.11 Å². The number of aliphatic hydroxyl groups excluding tert-OH is 1. The van der Waals surface area contributed by atoms with E-state index in [1.54, 1.807) is 6.08 Å². The van der Waals surface area contributed by atoms with Gasteiger partial charge in [-0.1, -0.05) is 32.9 Å². The molecule has 0 aromatic heterocycles. The molecule has 66 valence electrons. The lowest BCUT2D eigenvalue weighted by Crippen LogP contribution is -2.29. The molecule has 0 radical (unpaired) electrons. The van der Waals surface area contributed by atoms with E-state index < -0.39 is 0 Å². The second-order valence-electron chi connectivity index (χ2n) is 4.14. The van der Waals surface area contributed by atoms with Crippen LogP contribution in [0.3, 0.4) is 0 Å². The second kappa shape index (κ2) is 2.77. The molecule has 0 saturated carbocycles. The van der Waals surface area contributed by atoms with Crippen molar-refractivity contribution in [1.82, 2.24) is 0 Å². The molecule has 12 heavy (non-hydrogen) atoms. The first-order valence-corrected chi connectivity index (χ1v) is 4.04. The Bertz CT molecular complexity index is 254. The highest BCUT2D eigenvalue weighted by molar-refractivity contribution is 5.97. The van der Waals surface area contributed by atoms with Gasteiger partial charge in [-0.2, -0.15) is 0 Å². The normalized spacial score (nSPS) is 24.1. The molecule has 0 amide bonds. The first-order chi connectivity index (χ1) is 5.43. The zero-order valence-corrected chi connectivity index (χ0v) is 7.66. The Kier molecular flexibility index (Phi) is 2.09. The average molecular weight is 166 g/mol. The summed E-state index contributed by atoms with van der Waals surface area (Å²) in [6, 6.07) is 0. The number of carbonyl (C=O) groups excluding carboxylic acids is 1. The van der Waals surface area contributed by atoms with Crippen molar-refractivity contribution < 1.29 is 9.90 Å². The highest BCUT2D eigenvalue weighted by Gasteiger charge is 2.32. The van der Waals surface area contributed by atoms with Crippen molar-refractivity contribution in [2.75, 3.05) is 0 Å². The van der Waals surface area contributed by atoms with Crippen molar-refractivity contribution in [1.29, 1.82) is 0 Å². The fraction of sp³-hybridized carbons (Fsp3) is 0.500. The van der Waals surface area contributed by atoms with Crippen molar-refractivity contribution in [3.63, 3.8) is 0 Å². The number of allylic oxidation sites excluding steroid dienone is 4. The Labute approximate surface area is 72.6 Å². The number of Topliss-reactive ketones (excluding diaryl/α,β-unsaturated/α-hetero) is 1. The molecule has 1 aliphatic carbocycles. The van der Waals surface area contributed by atoms with E-state index in [9.17, 15) is 9.90 Å². The number of carbonyl (C=O) groups is 1. The fourth-order valence-electron chi connectivity index (χ4n) is 1.27. The molecule has 0 aliphatic heterocycles. The van der Waals surface area contributed by atoms with Crippen LogP contribution in [0.4, 0.5) is 0 Å². The molecule has 0 spiro atoms. The lowest BCUT2D eigenvalue weighted by atomic mass is 9.76. The molecule has 2 nitrogen and oxygen atoms in total. The molecule has 1 atom stereocenters. The molecular formula is C10H14O2. The Hall–Kier alpha value is -1.05. The van der Waals surface area contributed by atoms with Crippen LogP contribution in [-0.4, -0.2) is 10.9 Å². The smallest absolute Gasteiger partial charge is 0.204 e. The second-order valence-corrected chi connectivity index (χ2v) is 4.14. The van der Waals surface area contributed by atoms with Crippen molar-refractivity contribution >= 4 is 5.78 Å². The molecule has 1 rings (SSSR count). The zero-order valence-electron chi connectivity index (χ0n) is 7.66.